The van der Waals surface area contributed by atoms with Crippen LogP contribution in [-0.2, 0) is 6.54 Å². The summed E-state index contributed by atoms with van der Waals surface area (Å²) >= 11 is 0. The van der Waals surface area contributed by atoms with Gasteiger partial charge in [-0.2, -0.15) is 4.98 Å². The molecule has 0 saturated heterocycles. The number of hydrogen-bond donors (Lipinski definition) is 2. The van der Waals surface area contributed by atoms with Gasteiger partial charge < -0.3 is 15.4 Å². The van der Waals surface area contributed by atoms with E-state index in [0.29, 0.717) is 18.5 Å². The highest BCUT2D eigenvalue weighted by molar-refractivity contribution is 5.64. The number of aromatic nitrogens is 2. The second kappa shape index (κ2) is 8.74. The molecule has 1 aromatic heterocycles. The summed E-state index contributed by atoms with van der Waals surface area (Å²) in [6.07, 6.45) is 4.91. The number of nitrogens with zero attached hydrogens (tertiary/aromatic N) is 2. The van der Waals surface area contributed by atoms with E-state index < -0.39 is 0 Å². The molecule has 144 valence electrons. The van der Waals surface area contributed by atoms with Gasteiger partial charge in [-0.05, 0) is 18.9 Å². The molecule has 0 amide bonds. The van der Waals surface area contributed by atoms with Gasteiger partial charge in [0, 0.05) is 29.8 Å². The summed E-state index contributed by atoms with van der Waals surface area (Å²) in [7, 11) is 1.70. The van der Waals surface area contributed by atoms with Crippen LogP contribution in [0.5, 0.6) is 5.75 Å². The molecule has 4 rings (SSSR count). The van der Waals surface area contributed by atoms with E-state index in [1.54, 1.807) is 7.11 Å². The summed E-state index contributed by atoms with van der Waals surface area (Å²) in [5.74, 6) is 2.37. The highest BCUT2D eigenvalue weighted by Crippen LogP contribution is 2.26. The van der Waals surface area contributed by atoms with E-state index in [0.717, 1.165) is 28.4 Å². The first kappa shape index (κ1) is 18.3. The van der Waals surface area contributed by atoms with Gasteiger partial charge in [0.15, 0.2) is 0 Å². The molecule has 5 nitrogen and oxygen atoms in total. The Bertz CT molecular complexity index is 907. The molecule has 28 heavy (non-hydrogen) atoms. The van der Waals surface area contributed by atoms with Gasteiger partial charge in [0.1, 0.15) is 11.6 Å². The van der Waals surface area contributed by atoms with E-state index in [9.17, 15) is 0 Å². The summed E-state index contributed by atoms with van der Waals surface area (Å²) in [4.78, 5) is 9.49. The lowest BCUT2D eigenvalue weighted by Gasteiger charge is -2.15. The van der Waals surface area contributed by atoms with E-state index >= 15 is 0 Å². The van der Waals surface area contributed by atoms with Gasteiger partial charge in [-0.3, -0.25) is 0 Å². The highest BCUT2D eigenvalue weighted by Gasteiger charge is 2.17. The molecule has 1 aliphatic rings. The molecule has 5 heteroatoms. The summed E-state index contributed by atoms with van der Waals surface area (Å²) in [5.41, 5.74) is 3.09. The smallest absolute Gasteiger partial charge is 0.225 e. The molecule has 1 heterocycles. The molecule has 0 bridgehead atoms. The standard InChI is InChI=1S/C23H26N4O/c1-28-21-14-8-5-11-18(21)16-24-22-15-20(17-9-3-2-4-10-17)26-23(27-22)25-19-12-6-7-13-19/h2-5,8-11,14-15,19H,6-7,12-13,16H2,1H3,(H2,24,25,26,27). The van der Waals surface area contributed by atoms with Gasteiger partial charge in [-0.25, -0.2) is 4.98 Å². The minimum atomic E-state index is 0.466. The van der Waals surface area contributed by atoms with Crippen molar-refractivity contribution in [2.24, 2.45) is 0 Å². The molecular formula is C23H26N4O. The third-order valence-electron chi connectivity index (χ3n) is 5.14. The first-order valence-electron chi connectivity index (χ1n) is 9.88. The highest BCUT2D eigenvalue weighted by atomic mass is 16.5. The van der Waals surface area contributed by atoms with E-state index in [2.05, 4.69) is 28.8 Å². The van der Waals surface area contributed by atoms with Crippen molar-refractivity contribution in [2.75, 3.05) is 17.7 Å². The quantitative estimate of drug-likeness (QED) is 0.601. The van der Waals surface area contributed by atoms with Crippen LogP contribution in [0, 0.1) is 0 Å². The Balaban J connectivity index is 1.59. The molecule has 0 unspecified atom stereocenters. The zero-order chi connectivity index (χ0) is 19.2. The average molecular weight is 374 g/mol. The van der Waals surface area contributed by atoms with Crippen LogP contribution in [0.4, 0.5) is 11.8 Å². The van der Waals surface area contributed by atoms with Crippen molar-refractivity contribution < 1.29 is 4.74 Å². The van der Waals surface area contributed by atoms with E-state index in [1.165, 1.54) is 25.7 Å². The molecule has 0 radical (unpaired) electrons. The number of benzene rings is 2. The molecule has 1 fully saturated rings. The first-order chi connectivity index (χ1) is 13.8. The van der Waals surface area contributed by atoms with Crippen molar-refractivity contribution in [3.05, 3.63) is 66.2 Å². The fourth-order valence-electron chi connectivity index (χ4n) is 3.65. The van der Waals surface area contributed by atoms with Crippen LogP contribution in [0.25, 0.3) is 11.3 Å². The lowest BCUT2D eigenvalue weighted by Crippen LogP contribution is -2.17. The molecule has 2 aromatic carbocycles. The largest absolute Gasteiger partial charge is 0.496 e. The van der Waals surface area contributed by atoms with Crippen LogP contribution in [-0.4, -0.2) is 23.1 Å². The lowest BCUT2D eigenvalue weighted by molar-refractivity contribution is 0.410. The van der Waals surface area contributed by atoms with Gasteiger partial charge in [0.25, 0.3) is 0 Å². The minimum Gasteiger partial charge on any atom is -0.496 e. The molecule has 1 aliphatic carbocycles. The van der Waals surface area contributed by atoms with Crippen LogP contribution < -0.4 is 15.4 Å². The van der Waals surface area contributed by atoms with Crippen LogP contribution in [0.15, 0.2) is 60.7 Å². The number of rotatable bonds is 7. The second-order valence-electron chi connectivity index (χ2n) is 7.12. The Morgan fingerprint density at radius 3 is 2.50 bits per heavy atom. The summed E-state index contributed by atoms with van der Waals surface area (Å²) in [6, 6.07) is 20.7. The monoisotopic (exact) mass is 374 g/mol. The number of hydrogen-bond acceptors (Lipinski definition) is 5. The minimum absolute atomic E-state index is 0.466. The molecule has 3 aromatic rings. The third-order valence-corrected chi connectivity index (χ3v) is 5.14. The maximum absolute atomic E-state index is 5.45. The predicted molar refractivity (Wildman–Crippen MR) is 114 cm³/mol. The van der Waals surface area contributed by atoms with E-state index in [-0.39, 0.29) is 0 Å². The maximum Gasteiger partial charge on any atom is 0.225 e. The number of nitrogens with one attached hydrogen (secondary N) is 2. The summed E-state index contributed by atoms with van der Waals surface area (Å²) in [6.45, 7) is 0.637. The number of anilines is 2. The van der Waals surface area contributed by atoms with Gasteiger partial charge in [0.05, 0.1) is 12.8 Å². The lowest BCUT2D eigenvalue weighted by atomic mass is 10.1. The molecule has 1 saturated carbocycles. The Morgan fingerprint density at radius 1 is 0.964 bits per heavy atom. The van der Waals surface area contributed by atoms with Crippen molar-refractivity contribution in [2.45, 2.75) is 38.3 Å². The topological polar surface area (TPSA) is 59.1 Å². The predicted octanol–water partition coefficient (Wildman–Crippen LogP) is 5.12. The maximum atomic E-state index is 5.45. The Kier molecular flexibility index (Phi) is 5.71. The van der Waals surface area contributed by atoms with Gasteiger partial charge in [-0.15, -0.1) is 0 Å². The average Bonchev–Trinajstić information content (AvgIpc) is 3.26. The fraction of sp³-hybridized carbons (Fsp3) is 0.304. The van der Waals surface area contributed by atoms with Crippen LogP contribution in [0.2, 0.25) is 0 Å². The van der Waals surface area contributed by atoms with Gasteiger partial charge in [-0.1, -0.05) is 61.4 Å². The first-order valence-corrected chi connectivity index (χ1v) is 9.88. The zero-order valence-electron chi connectivity index (χ0n) is 16.2. The van der Waals surface area contributed by atoms with Crippen molar-refractivity contribution in [3.63, 3.8) is 0 Å². The molecule has 0 atom stereocenters. The van der Waals surface area contributed by atoms with Crippen LogP contribution in [0.1, 0.15) is 31.2 Å². The third kappa shape index (κ3) is 4.42. The van der Waals surface area contributed by atoms with Crippen molar-refractivity contribution in [3.8, 4) is 17.0 Å². The van der Waals surface area contributed by atoms with Crippen molar-refractivity contribution >= 4 is 11.8 Å². The van der Waals surface area contributed by atoms with Gasteiger partial charge >= 0.3 is 0 Å². The molecular weight excluding hydrogens is 348 g/mol. The molecule has 2 N–H and O–H groups in total. The Morgan fingerprint density at radius 2 is 1.71 bits per heavy atom. The zero-order valence-corrected chi connectivity index (χ0v) is 16.2. The van der Waals surface area contributed by atoms with Crippen molar-refractivity contribution in [1.29, 1.82) is 0 Å². The molecule has 0 spiro atoms. The Hall–Kier alpha value is -3.08. The normalized spacial score (nSPS) is 14.0. The number of ether oxygens (including phenoxy) is 1. The van der Waals surface area contributed by atoms with Crippen LogP contribution in [0.3, 0.4) is 0 Å². The van der Waals surface area contributed by atoms with E-state index in [1.807, 2.05) is 42.5 Å². The van der Waals surface area contributed by atoms with Crippen LogP contribution >= 0.6 is 0 Å². The fourth-order valence-corrected chi connectivity index (χ4v) is 3.65. The molecule has 0 aliphatic heterocycles. The number of para-hydroxylation sites is 1. The number of methoxy groups -OCH3 is 1. The van der Waals surface area contributed by atoms with E-state index in [4.69, 9.17) is 14.7 Å². The second-order valence-corrected chi connectivity index (χ2v) is 7.12. The van der Waals surface area contributed by atoms with Crippen molar-refractivity contribution in [1.82, 2.24) is 9.97 Å². The van der Waals surface area contributed by atoms with Gasteiger partial charge in [0.2, 0.25) is 5.95 Å². The summed E-state index contributed by atoms with van der Waals surface area (Å²) < 4.78 is 5.45. The summed E-state index contributed by atoms with van der Waals surface area (Å²) in [5, 5.41) is 6.97. The SMILES string of the molecule is COc1ccccc1CNc1cc(-c2ccccc2)nc(NC2CCCC2)n1. The Labute approximate surface area is 166 Å².